The fourth-order valence-corrected chi connectivity index (χ4v) is 10.3. The molecular formula is C52H67ClN8O10S. The molecule has 5 aromatic rings. The zero-order valence-electron chi connectivity index (χ0n) is 41.2. The molecule has 388 valence electrons. The average molecular weight is 1030 g/mol. The van der Waals surface area contributed by atoms with Gasteiger partial charge in [-0.25, -0.2) is 15.0 Å². The first-order valence-electron chi connectivity index (χ1n) is 24.7. The molecule has 18 nitrogen and oxygen atoms in total. The normalized spacial score (nSPS) is 20.9. The van der Waals surface area contributed by atoms with Crippen molar-refractivity contribution in [2.45, 2.75) is 154 Å². The molecule has 2 aliphatic heterocycles. The van der Waals surface area contributed by atoms with Gasteiger partial charge >= 0.3 is 0 Å². The Morgan fingerprint density at radius 3 is 2.35 bits per heavy atom. The zero-order chi connectivity index (χ0) is 51.7. The molecular weight excluding hydrogens is 964 g/mol. The molecule has 2 saturated heterocycles. The molecule has 8 N–H and O–H groups in total. The van der Waals surface area contributed by atoms with E-state index in [2.05, 4.69) is 25.6 Å². The van der Waals surface area contributed by atoms with E-state index < -0.39 is 60.2 Å². The number of rotatable bonds is 23. The summed E-state index contributed by atoms with van der Waals surface area (Å²) in [6.45, 7) is 8.03. The number of nitrogens with one attached hydrogen (secondary N) is 2. The van der Waals surface area contributed by atoms with Crippen molar-refractivity contribution in [1.29, 1.82) is 0 Å². The maximum absolute atomic E-state index is 14.0. The van der Waals surface area contributed by atoms with Crippen LogP contribution in [-0.4, -0.2) is 118 Å². The first-order valence-corrected chi connectivity index (χ1v) is 25.9. The quantitative estimate of drug-likeness (QED) is 0.0364. The van der Waals surface area contributed by atoms with Gasteiger partial charge in [-0.3, -0.25) is 19.2 Å². The fraction of sp³-hybridized carbons (Fsp3) is 0.519. The van der Waals surface area contributed by atoms with Crippen LogP contribution in [0.15, 0.2) is 66.6 Å². The van der Waals surface area contributed by atoms with Gasteiger partial charge in [-0.2, -0.15) is 0 Å². The number of unbranched alkanes of at least 4 members (excludes halogenated alkanes) is 5. The lowest BCUT2D eigenvalue weighted by atomic mass is 9.85. The topological polar surface area (TPSA) is 265 Å². The molecule has 3 aromatic heterocycles. The van der Waals surface area contributed by atoms with Crippen LogP contribution >= 0.6 is 22.9 Å². The number of carbonyl (C=O) groups excluding carboxylic acids is 4. The predicted molar refractivity (Wildman–Crippen MR) is 273 cm³/mol. The number of aliphatic hydroxyl groups is 4. The Labute approximate surface area is 428 Å². The number of fused-ring (bicyclic) bond motifs is 1. The third-order valence-corrected chi connectivity index (χ3v) is 14.7. The molecule has 2 aliphatic rings. The van der Waals surface area contributed by atoms with Crippen LogP contribution in [0.25, 0.3) is 21.5 Å². The summed E-state index contributed by atoms with van der Waals surface area (Å²) in [5, 5.41) is 50.4. The molecule has 0 radical (unpaired) electrons. The highest BCUT2D eigenvalue weighted by molar-refractivity contribution is 7.13. The highest BCUT2D eigenvalue weighted by atomic mass is 35.5. The number of ether oxygens (including phenoxy) is 2. The monoisotopic (exact) mass is 1030 g/mol. The SMILES string of the molecule is Cc1ncsc1-c1ccc(CNC(=O)[C@@H]2C[C@@H](O)CN2C(=O)[C@@H](NC(=O)CCCCCCCCC(=O)CCCOc2cc([C@@H](O)[C@H]3O[C@@H](n4ccc5c(N)ncnc54)[C@H](O)[C@@H]3O)ccc2Cl)C(C)(C)C)cc1. The van der Waals surface area contributed by atoms with Crippen LogP contribution in [0.3, 0.4) is 0 Å². The highest BCUT2D eigenvalue weighted by Gasteiger charge is 2.48. The van der Waals surface area contributed by atoms with Crippen LogP contribution in [0.1, 0.15) is 121 Å². The second-order valence-electron chi connectivity index (χ2n) is 19.9. The molecule has 20 heteroatoms. The molecule has 0 unspecified atom stereocenters. The van der Waals surface area contributed by atoms with Gasteiger partial charge in [0.15, 0.2) is 6.23 Å². The van der Waals surface area contributed by atoms with Crippen molar-refractivity contribution in [3.8, 4) is 16.2 Å². The van der Waals surface area contributed by atoms with Crippen LogP contribution in [0.5, 0.6) is 5.75 Å². The van der Waals surface area contributed by atoms with Crippen molar-refractivity contribution in [1.82, 2.24) is 35.1 Å². The first-order chi connectivity index (χ1) is 34.4. The Morgan fingerprint density at radius 1 is 0.931 bits per heavy atom. The van der Waals surface area contributed by atoms with Crippen molar-refractivity contribution in [3.05, 3.63) is 88.4 Å². The molecule has 0 aliphatic carbocycles. The lowest BCUT2D eigenvalue weighted by molar-refractivity contribution is -0.144. The van der Waals surface area contributed by atoms with E-state index in [1.54, 1.807) is 41.8 Å². The van der Waals surface area contributed by atoms with E-state index in [1.807, 2.05) is 57.5 Å². The number of carbonyl (C=O) groups is 4. The number of aryl methyl sites for hydroxylation is 1. The minimum absolute atomic E-state index is 0.00279. The van der Waals surface area contributed by atoms with Crippen molar-refractivity contribution in [3.63, 3.8) is 0 Å². The number of nitrogen functional groups attached to an aromatic ring is 1. The van der Waals surface area contributed by atoms with Gasteiger partial charge in [-0.1, -0.05) is 88.4 Å². The van der Waals surface area contributed by atoms with Gasteiger partial charge in [0.1, 0.15) is 65.8 Å². The summed E-state index contributed by atoms with van der Waals surface area (Å²) < 4.78 is 13.4. The Morgan fingerprint density at radius 2 is 1.64 bits per heavy atom. The number of amides is 3. The maximum atomic E-state index is 14.0. The molecule has 72 heavy (non-hydrogen) atoms. The number of Topliss-reactive ketones (excluding diaryl/α,β-unsaturated/α-hetero) is 1. The minimum Gasteiger partial charge on any atom is -0.492 e. The summed E-state index contributed by atoms with van der Waals surface area (Å²) in [6.07, 6.45) is 2.11. The van der Waals surface area contributed by atoms with Crippen molar-refractivity contribution in [2.75, 3.05) is 18.9 Å². The number of halogens is 1. The van der Waals surface area contributed by atoms with Crippen LogP contribution in [0.4, 0.5) is 5.82 Å². The number of ketones is 1. The van der Waals surface area contributed by atoms with E-state index in [1.165, 1.54) is 15.8 Å². The van der Waals surface area contributed by atoms with Crippen LogP contribution in [0.2, 0.25) is 5.02 Å². The fourth-order valence-electron chi connectivity index (χ4n) is 9.28. The molecule has 3 amide bonds. The average Bonchev–Trinajstić information content (AvgIpc) is 4.15. The second-order valence-corrected chi connectivity index (χ2v) is 21.1. The number of thiazole rings is 1. The number of aromatic nitrogens is 4. The molecule has 2 fully saturated rings. The zero-order valence-corrected chi connectivity index (χ0v) is 42.8. The Hall–Kier alpha value is -5.54. The molecule has 7 rings (SSSR count). The summed E-state index contributed by atoms with van der Waals surface area (Å²) >= 11 is 7.98. The third-order valence-electron chi connectivity index (χ3n) is 13.4. The molecule has 0 spiro atoms. The number of aliphatic hydroxyl groups excluding tert-OH is 4. The number of hydrogen-bond acceptors (Lipinski definition) is 15. The summed E-state index contributed by atoms with van der Waals surface area (Å²) in [5.74, 6) is -0.330. The van der Waals surface area contributed by atoms with Crippen LogP contribution in [-0.2, 0) is 30.5 Å². The van der Waals surface area contributed by atoms with E-state index in [-0.39, 0.29) is 56.0 Å². The van der Waals surface area contributed by atoms with Crippen molar-refractivity contribution >= 4 is 63.3 Å². The van der Waals surface area contributed by atoms with Gasteiger partial charge in [0.25, 0.3) is 0 Å². The summed E-state index contributed by atoms with van der Waals surface area (Å²) in [6, 6.07) is 12.5. The maximum Gasteiger partial charge on any atom is 0.246 e. The number of β-amino-alcohol motifs (C(OH)–C–C–N with tert-alkyl or cyclic N) is 1. The Kier molecular flexibility index (Phi) is 18.4. The van der Waals surface area contributed by atoms with Gasteiger partial charge in [-0.15, -0.1) is 11.3 Å². The van der Waals surface area contributed by atoms with Gasteiger partial charge in [0, 0.05) is 45.0 Å². The number of hydrogen-bond donors (Lipinski definition) is 7. The smallest absolute Gasteiger partial charge is 0.246 e. The predicted octanol–water partition coefficient (Wildman–Crippen LogP) is 6.11. The number of nitrogens with two attached hydrogens (primary N) is 1. The standard InChI is InChI=1S/C52H67ClN8O10S/c1-30-45(72-29-58-30)32-17-15-31(16-18-32)26-55-49(68)38-25-35(63)27-61(38)50(69)46(52(2,3)4)59-40(64)14-10-8-6-5-7-9-12-34(62)13-11-23-70-39-24-33(19-20-37(39)53)41(65)44-42(66)43(67)51(71-44)60-22-21-36-47(54)56-28-57-48(36)60/h15-22,24,28-29,35,38,41-44,46,51,63,65-67H,5-14,23,25-27H2,1-4H3,(H,55,68)(H,59,64)(H2,54,56,57)/t35-,38+,41-,42+,43-,44-,46-,51-/m1/s1. The van der Waals surface area contributed by atoms with E-state index in [0.717, 1.165) is 53.8 Å². The van der Waals surface area contributed by atoms with E-state index in [0.29, 0.717) is 53.1 Å². The molecule has 2 aromatic carbocycles. The molecule has 5 heterocycles. The van der Waals surface area contributed by atoms with Crippen LogP contribution < -0.4 is 21.1 Å². The van der Waals surface area contributed by atoms with Gasteiger partial charge in [-0.05, 0) is 66.5 Å². The Bertz CT molecular complexity index is 2660. The largest absolute Gasteiger partial charge is 0.492 e. The molecule has 0 saturated carbocycles. The number of likely N-dealkylation sites (tertiary alicyclic amines) is 1. The van der Waals surface area contributed by atoms with E-state index in [4.69, 9.17) is 26.8 Å². The summed E-state index contributed by atoms with van der Waals surface area (Å²) in [5.41, 5.74) is 10.8. The lowest BCUT2D eigenvalue weighted by Gasteiger charge is -2.35. The minimum atomic E-state index is -1.43. The summed E-state index contributed by atoms with van der Waals surface area (Å²) in [7, 11) is 0. The number of benzene rings is 2. The number of anilines is 1. The van der Waals surface area contributed by atoms with Gasteiger partial charge in [0.2, 0.25) is 17.7 Å². The summed E-state index contributed by atoms with van der Waals surface area (Å²) in [4.78, 5) is 68.3. The Balaban J connectivity index is 0.764. The second kappa shape index (κ2) is 24.5. The van der Waals surface area contributed by atoms with Crippen LogP contribution in [0, 0.1) is 12.3 Å². The van der Waals surface area contributed by atoms with E-state index in [9.17, 15) is 39.6 Å². The lowest BCUT2D eigenvalue weighted by Crippen LogP contribution is -2.57. The molecule has 8 atom stereocenters. The third kappa shape index (κ3) is 13.3. The first kappa shape index (κ1) is 54.2. The highest BCUT2D eigenvalue weighted by Crippen LogP contribution is 2.39. The van der Waals surface area contributed by atoms with E-state index >= 15 is 0 Å². The number of nitrogens with zero attached hydrogens (tertiary/aromatic N) is 5. The van der Waals surface area contributed by atoms with Gasteiger partial charge in [0.05, 0.1) is 39.2 Å². The van der Waals surface area contributed by atoms with Crippen molar-refractivity contribution < 1.29 is 49.1 Å². The van der Waals surface area contributed by atoms with Gasteiger partial charge < -0.3 is 55.7 Å². The van der Waals surface area contributed by atoms with Crippen molar-refractivity contribution in [2.24, 2.45) is 5.41 Å². The molecule has 0 bridgehead atoms.